The van der Waals surface area contributed by atoms with Gasteiger partial charge in [0.15, 0.2) is 9.84 Å². The average molecular weight is 273 g/mol. The number of nitrogens with two attached hydrogens (primary N) is 1. The summed E-state index contributed by atoms with van der Waals surface area (Å²) >= 11 is 0. The summed E-state index contributed by atoms with van der Waals surface area (Å²) in [5.41, 5.74) is 6.93. The van der Waals surface area contributed by atoms with Gasteiger partial charge in [-0.3, -0.25) is 4.68 Å². The second kappa shape index (κ2) is 6.33. The van der Waals surface area contributed by atoms with Gasteiger partial charge < -0.3 is 5.73 Å². The number of sulfone groups is 1. The van der Waals surface area contributed by atoms with E-state index in [-0.39, 0.29) is 17.0 Å². The Balaban J connectivity index is 2.55. The fourth-order valence-electron chi connectivity index (χ4n) is 1.54. The highest BCUT2D eigenvalue weighted by atomic mass is 32.2. The van der Waals surface area contributed by atoms with Crippen molar-refractivity contribution in [2.45, 2.75) is 51.4 Å². The SMILES string of the molecule is CCC(N)Cc1cnn(CCS(=O)(=O)C(C)C)c1. The van der Waals surface area contributed by atoms with Gasteiger partial charge in [-0.15, -0.1) is 0 Å². The molecule has 0 spiro atoms. The zero-order valence-corrected chi connectivity index (χ0v) is 12.2. The molecule has 1 rings (SSSR count). The molecule has 0 aromatic carbocycles. The standard InChI is InChI=1S/C12H23N3O2S/c1-4-12(13)7-11-8-14-15(9-11)5-6-18(16,17)10(2)3/h8-10,12H,4-7,13H2,1-3H3. The molecule has 0 aliphatic rings. The molecule has 0 aliphatic heterocycles. The molecule has 0 bridgehead atoms. The predicted molar refractivity (Wildman–Crippen MR) is 73.1 cm³/mol. The molecule has 0 saturated heterocycles. The normalized spacial score (nSPS) is 14.1. The van der Waals surface area contributed by atoms with Gasteiger partial charge in [-0.25, -0.2) is 8.42 Å². The molecule has 0 aliphatic carbocycles. The Labute approximate surface area is 109 Å². The summed E-state index contributed by atoms with van der Waals surface area (Å²) in [6, 6.07) is 0.141. The van der Waals surface area contributed by atoms with Crippen LogP contribution < -0.4 is 5.73 Å². The highest BCUT2D eigenvalue weighted by Gasteiger charge is 2.16. The fourth-order valence-corrected chi connectivity index (χ4v) is 2.45. The molecule has 1 atom stereocenters. The van der Waals surface area contributed by atoms with Crippen molar-refractivity contribution in [3.8, 4) is 0 Å². The number of rotatable bonds is 7. The first-order valence-corrected chi connectivity index (χ1v) is 8.05. The lowest BCUT2D eigenvalue weighted by Gasteiger charge is -2.07. The highest BCUT2D eigenvalue weighted by Crippen LogP contribution is 2.05. The van der Waals surface area contributed by atoms with E-state index < -0.39 is 9.84 Å². The third-order valence-corrected chi connectivity index (χ3v) is 5.22. The van der Waals surface area contributed by atoms with E-state index in [1.165, 1.54) is 0 Å². The Kier molecular flexibility index (Phi) is 5.34. The predicted octanol–water partition coefficient (Wildman–Crippen LogP) is 0.986. The molecular formula is C12H23N3O2S. The van der Waals surface area contributed by atoms with Crippen LogP contribution in [0.3, 0.4) is 0 Å². The molecule has 0 fully saturated rings. The summed E-state index contributed by atoms with van der Waals surface area (Å²) in [5.74, 6) is 0.131. The van der Waals surface area contributed by atoms with Gasteiger partial charge >= 0.3 is 0 Å². The molecule has 6 heteroatoms. The smallest absolute Gasteiger partial charge is 0.154 e. The van der Waals surface area contributed by atoms with Crippen LogP contribution in [-0.4, -0.2) is 35.2 Å². The molecule has 5 nitrogen and oxygen atoms in total. The molecule has 2 N–H and O–H groups in total. The summed E-state index contributed by atoms with van der Waals surface area (Å²) in [7, 11) is -3.00. The van der Waals surface area contributed by atoms with E-state index in [1.807, 2.05) is 13.1 Å². The topological polar surface area (TPSA) is 78.0 Å². The first kappa shape index (κ1) is 15.2. The minimum Gasteiger partial charge on any atom is -0.327 e. The summed E-state index contributed by atoms with van der Waals surface area (Å²) < 4.78 is 25.0. The van der Waals surface area contributed by atoms with Crippen molar-refractivity contribution in [1.29, 1.82) is 0 Å². The Morgan fingerprint density at radius 3 is 2.67 bits per heavy atom. The van der Waals surface area contributed by atoms with Crippen LogP contribution in [0, 0.1) is 0 Å². The molecule has 1 unspecified atom stereocenters. The van der Waals surface area contributed by atoms with Gasteiger partial charge in [0.2, 0.25) is 0 Å². The van der Waals surface area contributed by atoms with Crippen LogP contribution >= 0.6 is 0 Å². The molecule has 104 valence electrons. The summed E-state index contributed by atoms with van der Waals surface area (Å²) in [4.78, 5) is 0. The number of aryl methyl sites for hydroxylation is 1. The van der Waals surface area contributed by atoms with Gasteiger partial charge in [0.1, 0.15) is 0 Å². The molecular weight excluding hydrogens is 250 g/mol. The maximum absolute atomic E-state index is 11.7. The minimum absolute atomic E-state index is 0.131. The van der Waals surface area contributed by atoms with Crippen molar-refractivity contribution in [2.75, 3.05) is 5.75 Å². The third-order valence-electron chi connectivity index (χ3n) is 3.03. The fraction of sp³-hybridized carbons (Fsp3) is 0.750. The van der Waals surface area contributed by atoms with Crippen molar-refractivity contribution in [2.24, 2.45) is 5.73 Å². The summed E-state index contributed by atoms with van der Waals surface area (Å²) in [6.45, 7) is 5.85. The molecule has 1 aromatic rings. The maximum Gasteiger partial charge on any atom is 0.154 e. The van der Waals surface area contributed by atoms with Crippen LogP contribution in [0.25, 0.3) is 0 Å². The van der Waals surface area contributed by atoms with E-state index in [0.717, 1.165) is 18.4 Å². The van der Waals surface area contributed by atoms with Crippen molar-refractivity contribution >= 4 is 9.84 Å². The van der Waals surface area contributed by atoms with Crippen molar-refractivity contribution in [1.82, 2.24) is 9.78 Å². The van der Waals surface area contributed by atoms with Crippen molar-refractivity contribution < 1.29 is 8.42 Å². The Hall–Kier alpha value is -0.880. The highest BCUT2D eigenvalue weighted by molar-refractivity contribution is 7.91. The van der Waals surface area contributed by atoms with Gasteiger partial charge in [0.25, 0.3) is 0 Å². The second-order valence-corrected chi connectivity index (χ2v) is 7.58. The zero-order chi connectivity index (χ0) is 13.8. The summed E-state index contributed by atoms with van der Waals surface area (Å²) in [5, 5.41) is 3.83. The molecule has 1 aromatic heterocycles. The lowest BCUT2D eigenvalue weighted by Crippen LogP contribution is -2.21. The third kappa shape index (κ3) is 4.42. The van der Waals surface area contributed by atoms with E-state index in [4.69, 9.17) is 5.73 Å². The van der Waals surface area contributed by atoms with Gasteiger partial charge in [-0.2, -0.15) is 5.10 Å². The van der Waals surface area contributed by atoms with Crippen LogP contribution in [0.4, 0.5) is 0 Å². The van der Waals surface area contributed by atoms with E-state index in [9.17, 15) is 8.42 Å². The largest absolute Gasteiger partial charge is 0.327 e. The first-order valence-electron chi connectivity index (χ1n) is 6.33. The van der Waals surface area contributed by atoms with Crippen LogP contribution in [0.15, 0.2) is 12.4 Å². The lowest BCUT2D eigenvalue weighted by molar-refractivity contribution is 0.572. The monoisotopic (exact) mass is 273 g/mol. The van der Waals surface area contributed by atoms with Crippen LogP contribution in [0.1, 0.15) is 32.8 Å². The van der Waals surface area contributed by atoms with Crippen LogP contribution in [0.2, 0.25) is 0 Å². The lowest BCUT2D eigenvalue weighted by atomic mass is 10.1. The maximum atomic E-state index is 11.7. The van der Waals surface area contributed by atoms with Gasteiger partial charge in [-0.1, -0.05) is 6.92 Å². The number of hydrogen-bond donors (Lipinski definition) is 1. The van der Waals surface area contributed by atoms with Gasteiger partial charge in [0.05, 0.1) is 23.7 Å². The summed E-state index contributed by atoms with van der Waals surface area (Å²) in [6.07, 6.45) is 5.35. The van der Waals surface area contributed by atoms with Crippen LogP contribution in [-0.2, 0) is 22.8 Å². The minimum atomic E-state index is -3.00. The average Bonchev–Trinajstić information content (AvgIpc) is 2.74. The molecule has 1 heterocycles. The molecule has 18 heavy (non-hydrogen) atoms. The Morgan fingerprint density at radius 1 is 1.44 bits per heavy atom. The van der Waals surface area contributed by atoms with E-state index in [2.05, 4.69) is 5.10 Å². The van der Waals surface area contributed by atoms with Crippen molar-refractivity contribution in [3.05, 3.63) is 18.0 Å². The molecule has 0 amide bonds. The van der Waals surface area contributed by atoms with Gasteiger partial charge in [-0.05, 0) is 32.3 Å². The zero-order valence-electron chi connectivity index (χ0n) is 11.3. The van der Waals surface area contributed by atoms with Gasteiger partial charge in [0, 0.05) is 12.2 Å². The van der Waals surface area contributed by atoms with E-state index in [0.29, 0.717) is 6.54 Å². The Bertz CT molecular complexity index is 465. The number of nitrogens with zero attached hydrogens (tertiary/aromatic N) is 2. The van der Waals surface area contributed by atoms with Crippen LogP contribution in [0.5, 0.6) is 0 Å². The van der Waals surface area contributed by atoms with E-state index >= 15 is 0 Å². The number of aromatic nitrogens is 2. The van der Waals surface area contributed by atoms with Crippen molar-refractivity contribution in [3.63, 3.8) is 0 Å². The quantitative estimate of drug-likeness (QED) is 0.803. The number of hydrogen-bond acceptors (Lipinski definition) is 4. The first-order chi connectivity index (χ1) is 8.35. The Morgan fingerprint density at radius 2 is 2.11 bits per heavy atom. The molecule has 0 radical (unpaired) electrons. The van der Waals surface area contributed by atoms with E-state index in [1.54, 1.807) is 24.7 Å². The molecule has 0 saturated carbocycles. The second-order valence-electron chi connectivity index (χ2n) is 4.90.